The second-order valence-electron chi connectivity index (χ2n) is 4.44. The van der Waals surface area contributed by atoms with E-state index in [0.717, 1.165) is 0 Å². The van der Waals surface area contributed by atoms with Crippen LogP contribution >= 0.6 is 11.6 Å². The van der Waals surface area contributed by atoms with E-state index in [1.807, 2.05) is 0 Å². The largest absolute Gasteiger partial charge is 0.491 e. The van der Waals surface area contributed by atoms with Crippen molar-refractivity contribution in [3.05, 3.63) is 28.8 Å². The number of rotatable bonds is 7. The Bertz CT molecular complexity index is 436. The molecule has 1 rings (SSSR count). The van der Waals surface area contributed by atoms with Crippen molar-refractivity contribution in [2.75, 3.05) is 19.8 Å². The van der Waals surface area contributed by atoms with Crippen LogP contribution in [0.5, 0.6) is 5.75 Å². The summed E-state index contributed by atoms with van der Waals surface area (Å²) in [5.74, 6) is 1.10. The Balaban J connectivity index is 2.46. The highest BCUT2D eigenvalue weighted by atomic mass is 35.5. The third-order valence-electron chi connectivity index (χ3n) is 2.27. The van der Waals surface area contributed by atoms with E-state index >= 15 is 0 Å². The average molecular weight is 287 g/mol. The fourth-order valence-electron chi connectivity index (χ4n) is 1.38. The number of ether oxygens (including phenoxy) is 2. The maximum absolute atomic E-state index is 8.58. The summed E-state index contributed by atoms with van der Waals surface area (Å²) in [7, 11) is 0. The summed E-state index contributed by atoms with van der Waals surface area (Å²) >= 11 is 6.00. The van der Waals surface area contributed by atoms with Crippen molar-refractivity contribution >= 4 is 17.4 Å². The van der Waals surface area contributed by atoms with Crippen molar-refractivity contribution in [2.24, 2.45) is 16.8 Å². The van der Waals surface area contributed by atoms with Crippen LogP contribution < -0.4 is 10.5 Å². The van der Waals surface area contributed by atoms with Gasteiger partial charge in [0.25, 0.3) is 0 Å². The number of nitrogens with zero attached hydrogens (tertiary/aromatic N) is 1. The van der Waals surface area contributed by atoms with Gasteiger partial charge in [0.2, 0.25) is 0 Å². The van der Waals surface area contributed by atoms with Crippen LogP contribution in [0.25, 0.3) is 0 Å². The molecule has 106 valence electrons. The molecular formula is C13H19ClN2O3. The van der Waals surface area contributed by atoms with Crippen LogP contribution in [-0.2, 0) is 4.74 Å². The minimum absolute atomic E-state index is 0.0307. The molecule has 0 radical (unpaired) electrons. The lowest BCUT2D eigenvalue weighted by molar-refractivity contribution is 0.0819. The summed E-state index contributed by atoms with van der Waals surface area (Å²) in [6.07, 6.45) is 0. The molecule has 6 heteroatoms. The Morgan fingerprint density at radius 3 is 2.74 bits per heavy atom. The van der Waals surface area contributed by atoms with Gasteiger partial charge in [0.15, 0.2) is 5.84 Å². The van der Waals surface area contributed by atoms with E-state index in [2.05, 4.69) is 19.0 Å². The summed E-state index contributed by atoms with van der Waals surface area (Å²) in [5, 5.41) is 11.9. The fourth-order valence-corrected chi connectivity index (χ4v) is 1.65. The first kappa shape index (κ1) is 15.6. The summed E-state index contributed by atoms with van der Waals surface area (Å²) in [4.78, 5) is 0. The van der Waals surface area contributed by atoms with E-state index in [1.54, 1.807) is 18.2 Å². The van der Waals surface area contributed by atoms with Crippen LogP contribution in [0.2, 0.25) is 5.02 Å². The zero-order chi connectivity index (χ0) is 14.3. The molecule has 0 aliphatic rings. The first-order chi connectivity index (χ1) is 9.04. The number of halogens is 1. The third kappa shape index (κ3) is 5.36. The highest BCUT2D eigenvalue weighted by Crippen LogP contribution is 2.22. The van der Waals surface area contributed by atoms with E-state index in [9.17, 15) is 0 Å². The first-order valence-electron chi connectivity index (χ1n) is 6.02. The molecule has 0 heterocycles. The van der Waals surface area contributed by atoms with Gasteiger partial charge in [0.1, 0.15) is 12.4 Å². The number of nitrogens with two attached hydrogens (primary N) is 1. The van der Waals surface area contributed by atoms with Gasteiger partial charge in [-0.1, -0.05) is 30.6 Å². The van der Waals surface area contributed by atoms with E-state index in [4.69, 9.17) is 32.0 Å². The lowest BCUT2D eigenvalue weighted by atomic mass is 10.2. The van der Waals surface area contributed by atoms with Gasteiger partial charge in [0, 0.05) is 12.2 Å². The molecule has 0 saturated heterocycles. The number of hydrogen-bond donors (Lipinski definition) is 2. The van der Waals surface area contributed by atoms with Crippen LogP contribution in [0.1, 0.15) is 19.4 Å². The summed E-state index contributed by atoms with van der Waals surface area (Å²) in [5.41, 5.74) is 5.93. The monoisotopic (exact) mass is 286 g/mol. The summed E-state index contributed by atoms with van der Waals surface area (Å²) < 4.78 is 10.9. The van der Waals surface area contributed by atoms with Gasteiger partial charge in [-0.3, -0.25) is 0 Å². The lowest BCUT2D eigenvalue weighted by Gasteiger charge is -2.10. The quantitative estimate of drug-likeness (QED) is 0.265. The van der Waals surface area contributed by atoms with Crippen molar-refractivity contribution in [3.63, 3.8) is 0 Å². The summed E-state index contributed by atoms with van der Waals surface area (Å²) in [6, 6.07) is 4.97. The molecule has 0 aliphatic carbocycles. The van der Waals surface area contributed by atoms with Gasteiger partial charge >= 0.3 is 0 Å². The zero-order valence-electron chi connectivity index (χ0n) is 11.1. The smallest absolute Gasteiger partial charge is 0.171 e. The Kier molecular flexibility index (Phi) is 6.45. The third-order valence-corrected chi connectivity index (χ3v) is 2.58. The lowest BCUT2D eigenvalue weighted by Crippen LogP contribution is -2.14. The van der Waals surface area contributed by atoms with Crippen molar-refractivity contribution < 1.29 is 14.7 Å². The second kappa shape index (κ2) is 7.86. The van der Waals surface area contributed by atoms with Gasteiger partial charge in [-0.25, -0.2) is 0 Å². The van der Waals surface area contributed by atoms with Crippen molar-refractivity contribution in [1.29, 1.82) is 0 Å². The molecule has 0 bridgehead atoms. The molecule has 0 atom stereocenters. The minimum Gasteiger partial charge on any atom is -0.491 e. The Labute approximate surface area is 117 Å². The second-order valence-corrected chi connectivity index (χ2v) is 4.85. The van der Waals surface area contributed by atoms with Crippen LogP contribution in [0.15, 0.2) is 23.4 Å². The number of oxime groups is 1. The molecule has 0 amide bonds. The molecule has 1 aromatic carbocycles. The number of amidine groups is 1. The summed E-state index contributed by atoms with van der Waals surface area (Å²) in [6.45, 7) is 5.87. The Morgan fingerprint density at radius 1 is 1.42 bits per heavy atom. The molecular weight excluding hydrogens is 268 g/mol. The predicted molar refractivity (Wildman–Crippen MR) is 75.1 cm³/mol. The van der Waals surface area contributed by atoms with E-state index in [-0.39, 0.29) is 5.84 Å². The van der Waals surface area contributed by atoms with Gasteiger partial charge in [-0.2, -0.15) is 0 Å². The Morgan fingerprint density at radius 2 is 2.16 bits per heavy atom. The van der Waals surface area contributed by atoms with Gasteiger partial charge < -0.3 is 20.4 Å². The fraction of sp³-hybridized carbons (Fsp3) is 0.462. The maximum Gasteiger partial charge on any atom is 0.171 e. The normalized spacial score (nSPS) is 11.9. The molecule has 0 fully saturated rings. The SMILES string of the molecule is CC(C)COCCOc1ccc(/C(N)=N/O)c(Cl)c1. The highest BCUT2D eigenvalue weighted by molar-refractivity contribution is 6.34. The minimum atomic E-state index is -0.0307. The molecule has 0 saturated carbocycles. The van der Waals surface area contributed by atoms with Crippen LogP contribution in [0.3, 0.4) is 0 Å². The molecule has 0 unspecified atom stereocenters. The molecule has 0 aliphatic heterocycles. The van der Waals surface area contributed by atoms with Crippen LogP contribution in [-0.4, -0.2) is 30.9 Å². The average Bonchev–Trinajstić information content (AvgIpc) is 2.37. The van der Waals surface area contributed by atoms with Gasteiger partial charge in [0.05, 0.1) is 11.6 Å². The molecule has 19 heavy (non-hydrogen) atoms. The predicted octanol–water partition coefficient (Wildman–Crippen LogP) is 2.49. The number of hydrogen-bond acceptors (Lipinski definition) is 4. The van der Waals surface area contributed by atoms with E-state index in [0.29, 0.717) is 42.1 Å². The van der Waals surface area contributed by atoms with Crippen molar-refractivity contribution in [1.82, 2.24) is 0 Å². The molecule has 3 N–H and O–H groups in total. The van der Waals surface area contributed by atoms with Crippen molar-refractivity contribution in [2.45, 2.75) is 13.8 Å². The molecule has 1 aromatic rings. The van der Waals surface area contributed by atoms with E-state index < -0.39 is 0 Å². The molecule has 0 spiro atoms. The van der Waals surface area contributed by atoms with Gasteiger partial charge in [-0.15, -0.1) is 0 Å². The zero-order valence-corrected chi connectivity index (χ0v) is 11.9. The van der Waals surface area contributed by atoms with Gasteiger partial charge in [-0.05, 0) is 24.1 Å². The Hall–Kier alpha value is -1.46. The highest BCUT2D eigenvalue weighted by Gasteiger charge is 2.06. The van der Waals surface area contributed by atoms with Crippen LogP contribution in [0, 0.1) is 5.92 Å². The molecule has 5 nitrogen and oxygen atoms in total. The standard InChI is InChI=1S/C13H19ClN2O3/c1-9(2)8-18-5-6-19-10-3-4-11(12(14)7-10)13(15)16-17/h3-4,7,9,17H,5-6,8H2,1-2H3,(H2,15,16). The maximum atomic E-state index is 8.58. The topological polar surface area (TPSA) is 77.1 Å². The van der Waals surface area contributed by atoms with Crippen molar-refractivity contribution in [3.8, 4) is 5.75 Å². The van der Waals surface area contributed by atoms with Crippen LogP contribution in [0.4, 0.5) is 0 Å². The first-order valence-corrected chi connectivity index (χ1v) is 6.40. The van der Waals surface area contributed by atoms with E-state index in [1.165, 1.54) is 0 Å². The molecule has 0 aromatic heterocycles. The number of benzene rings is 1.